The van der Waals surface area contributed by atoms with Gasteiger partial charge in [-0.05, 0) is 41.1 Å². The standard InChI is InChI=1S/C15H15IN2O2S/c1-10(11-5-3-2-4-6-11)17-8-14(19)18(20)15(17)13-7-12(16)9-21-13/h2-7,9-10,15,20H,8H2,1H3/t10-,15?/m0/s1. The minimum Gasteiger partial charge on any atom is -0.284 e. The fourth-order valence-electron chi connectivity index (χ4n) is 2.61. The highest BCUT2D eigenvalue weighted by Crippen LogP contribution is 2.38. The van der Waals surface area contributed by atoms with Gasteiger partial charge < -0.3 is 0 Å². The van der Waals surface area contributed by atoms with Crippen LogP contribution in [0.2, 0.25) is 0 Å². The molecule has 1 saturated heterocycles. The second-order valence-corrected chi connectivity index (χ2v) is 7.23. The smallest absolute Gasteiger partial charge is 0.262 e. The van der Waals surface area contributed by atoms with E-state index in [-0.39, 0.29) is 18.5 Å². The normalized spacial score (nSPS) is 21.0. The van der Waals surface area contributed by atoms with E-state index in [2.05, 4.69) is 29.5 Å². The molecule has 0 aliphatic carbocycles. The third-order valence-corrected chi connectivity index (χ3v) is 5.76. The van der Waals surface area contributed by atoms with E-state index in [0.717, 1.165) is 19.1 Å². The van der Waals surface area contributed by atoms with E-state index in [1.54, 1.807) is 11.3 Å². The van der Waals surface area contributed by atoms with E-state index in [1.807, 2.05) is 46.7 Å². The first-order valence-corrected chi connectivity index (χ1v) is 8.59. The Bertz CT molecular complexity index is 646. The molecule has 1 aromatic carbocycles. The summed E-state index contributed by atoms with van der Waals surface area (Å²) in [4.78, 5) is 15.0. The summed E-state index contributed by atoms with van der Waals surface area (Å²) in [5.41, 5.74) is 1.14. The molecule has 4 nitrogen and oxygen atoms in total. The van der Waals surface area contributed by atoms with Crippen molar-refractivity contribution < 1.29 is 10.0 Å². The van der Waals surface area contributed by atoms with Crippen LogP contribution in [0.25, 0.3) is 0 Å². The summed E-state index contributed by atoms with van der Waals surface area (Å²) in [6, 6.07) is 12.1. The molecule has 2 atom stereocenters. The van der Waals surface area contributed by atoms with E-state index >= 15 is 0 Å². The van der Waals surface area contributed by atoms with Crippen molar-refractivity contribution in [3.63, 3.8) is 0 Å². The second kappa shape index (κ2) is 6.04. The number of amides is 1. The van der Waals surface area contributed by atoms with E-state index < -0.39 is 6.17 Å². The Balaban J connectivity index is 1.94. The van der Waals surface area contributed by atoms with Gasteiger partial charge in [0, 0.05) is 19.9 Å². The fraction of sp³-hybridized carbons (Fsp3) is 0.267. The number of nitrogens with zero attached hydrogens (tertiary/aromatic N) is 2. The summed E-state index contributed by atoms with van der Waals surface area (Å²) in [5, 5.41) is 13.0. The summed E-state index contributed by atoms with van der Waals surface area (Å²) in [6.07, 6.45) is -0.402. The van der Waals surface area contributed by atoms with Gasteiger partial charge in [-0.2, -0.15) is 5.06 Å². The lowest BCUT2D eigenvalue weighted by Gasteiger charge is -2.30. The van der Waals surface area contributed by atoms with Crippen LogP contribution in [0.1, 0.15) is 29.6 Å². The molecule has 2 aromatic rings. The van der Waals surface area contributed by atoms with Crippen LogP contribution >= 0.6 is 33.9 Å². The van der Waals surface area contributed by atoms with E-state index in [0.29, 0.717) is 0 Å². The van der Waals surface area contributed by atoms with Crippen LogP contribution in [0, 0.1) is 3.57 Å². The van der Waals surface area contributed by atoms with Crippen LogP contribution in [0.3, 0.4) is 0 Å². The van der Waals surface area contributed by atoms with Crippen molar-refractivity contribution in [3.8, 4) is 0 Å². The first-order valence-electron chi connectivity index (χ1n) is 6.63. The minimum atomic E-state index is -0.402. The fourth-order valence-corrected chi connectivity index (χ4v) is 4.41. The summed E-state index contributed by atoms with van der Waals surface area (Å²) in [6.45, 7) is 2.29. The molecule has 21 heavy (non-hydrogen) atoms. The zero-order chi connectivity index (χ0) is 15.0. The first kappa shape index (κ1) is 15.0. The molecule has 6 heteroatoms. The number of halogens is 1. The van der Waals surface area contributed by atoms with E-state index in [9.17, 15) is 10.0 Å². The van der Waals surface area contributed by atoms with Crippen molar-refractivity contribution in [2.24, 2.45) is 0 Å². The molecule has 1 aliphatic rings. The van der Waals surface area contributed by atoms with Crippen molar-refractivity contribution >= 4 is 39.8 Å². The SMILES string of the molecule is C[C@@H](c1ccccc1)N1CC(=O)N(O)C1c1cc(I)cs1. The van der Waals surface area contributed by atoms with Crippen molar-refractivity contribution in [1.82, 2.24) is 9.96 Å². The Morgan fingerprint density at radius 2 is 2.10 bits per heavy atom. The van der Waals surface area contributed by atoms with Gasteiger partial charge in [-0.15, -0.1) is 11.3 Å². The van der Waals surface area contributed by atoms with Gasteiger partial charge in [0.05, 0.1) is 6.54 Å². The number of thiophene rings is 1. The molecule has 3 rings (SSSR count). The predicted molar refractivity (Wildman–Crippen MR) is 90.0 cm³/mol. The number of hydrogen-bond acceptors (Lipinski definition) is 4. The molecule has 1 aliphatic heterocycles. The maximum atomic E-state index is 11.9. The van der Waals surface area contributed by atoms with Crippen LogP contribution in [-0.4, -0.2) is 27.6 Å². The van der Waals surface area contributed by atoms with Gasteiger partial charge in [-0.1, -0.05) is 30.3 Å². The average molecular weight is 414 g/mol. The van der Waals surface area contributed by atoms with Crippen LogP contribution in [0.15, 0.2) is 41.8 Å². The van der Waals surface area contributed by atoms with Gasteiger partial charge in [-0.3, -0.25) is 14.9 Å². The molecule has 0 saturated carbocycles. The number of carbonyl (C=O) groups excluding carboxylic acids is 1. The molecular weight excluding hydrogens is 399 g/mol. The number of rotatable bonds is 3. The quantitative estimate of drug-likeness (QED) is 0.616. The third-order valence-electron chi connectivity index (χ3n) is 3.74. The highest BCUT2D eigenvalue weighted by molar-refractivity contribution is 14.1. The van der Waals surface area contributed by atoms with Crippen molar-refractivity contribution in [3.05, 3.63) is 55.8 Å². The highest BCUT2D eigenvalue weighted by Gasteiger charge is 2.41. The van der Waals surface area contributed by atoms with Gasteiger partial charge in [-0.25, -0.2) is 0 Å². The molecule has 1 fully saturated rings. The number of hydroxylamine groups is 2. The Hall–Kier alpha value is -0.960. The first-order chi connectivity index (χ1) is 10.1. The topological polar surface area (TPSA) is 43.8 Å². The van der Waals surface area contributed by atoms with Crippen molar-refractivity contribution in [2.75, 3.05) is 6.54 Å². The Morgan fingerprint density at radius 3 is 2.71 bits per heavy atom. The Kier molecular flexibility index (Phi) is 4.30. The van der Waals surface area contributed by atoms with Gasteiger partial charge in [0.2, 0.25) is 0 Å². The molecule has 1 amide bonds. The largest absolute Gasteiger partial charge is 0.284 e. The summed E-state index contributed by atoms with van der Waals surface area (Å²) < 4.78 is 1.12. The molecule has 1 aromatic heterocycles. The van der Waals surface area contributed by atoms with E-state index in [4.69, 9.17) is 0 Å². The number of hydrogen-bond donors (Lipinski definition) is 1. The van der Waals surface area contributed by atoms with Crippen molar-refractivity contribution in [2.45, 2.75) is 19.1 Å². The second-order valence-electron chi connectivity index (χ2n) is 5.04. The zero-order valence-corrected chi connectivity index (χ0v) is 14.4. The average Bonchev–Trinajstić information content (AvgIpc) is 3.04. The van der Waals surface area contributed by atoms with E-state index in [1.165, 1.54) is 0 Å². The van der Waals surface area contributed by atoms with Crippen LogP contribution in [0.5, 0.6) is 0 Å². The van der Waals surface area contributed by atoms with Gasteiger partial charge >= 0.3 is 0 Å². The maximum absolute atomic E-state index is 11.9. The molecule has 110 valence electrons. The summed E-state index contributed by atoms with van der Waals surface area (Å²) >= 11 is 3.81. The van der Waals surface area contributed by atoms with Crippen LogP contribution < -0.4 is 0 Å². The van der Waals surface area contributed by atoms with Crippen molar-refractivity contribution in [1.29, 1.82) is 0 Å². The minimum absolute atomic E-state index is 0.0528. The van der Waals surface area contributed by atoms with Gasteiger partial charge in [0.25, 0.3) is 5.91 Å². The maximum Gasteiger partial charge on any atom is 0.262 e. The zero-order valence-electron chi connectivity index (χ0n) is 11.4. The van der Waals surface area contributed by atoms with Gasteiger partial charge in [0.15, 0.2) is 0 Å². The predicted octanol–water partition coefficient (Wildman–Crippen LogP) is 3.65. The number of carbonyl (C=O) groups is 1. The third kappa shape index (κ3) is 2.85. The summed E-state index contributed by atoms with van der Waals surface area (Å²) in [7, 11) is 0. The molecule has 1 N–H and O–H groups in total. The lowest BCUT2D eigenvalue weighted by molar-refractivity contribution is -0.170. The van der Waals surface area contributed by atoms with Gasteiger partial charge in [0.1, 0.15) is 6.17 Å². The molecule has 2 heterocycles. The van der Waals surface area contributed by atoms with Crippen LogP contribution in [0.4, 0.5) is 0 Å². The molecule has 1 unspecified atom stereocenters. The highest BCUT2D eigenvalue weighted by atomic mass is 127. The molecule has 0 spiro atoms. The number of benzene rings is 1. The van der Waals surface area contributed by atoms with Crippen LogP contribution in [-0.2, 0) is 4.79 Å². The molecule has 0 radical (unpaired) electrons. The lowest BCUT2D eigenvalue weighted by atomic mass is 10.1. The summed E-state index contributed by atoms with van der Waals surface area (Å²) in [5.74, 6) is -0.258. The Labute approximate surface area is 141 Å². The molecular formula is C15H15IN2O2S. The monoisotopic (exact) mass is 414 g/mol. The molecule has 0 bridgehead atoms. The Morgan fingerprint density at radius 1 is 1.38 bits per heavy atom. The lowest BCUT2D eigenvalue weighted by Crippen LogP contribution is -2.31.